The number of nitrogens with zero attached hydrogens (tertiary/aromatic N) is 1. The highest BCUT2D eigenvalue weighted by Crippen LogP contribution is 2.37. The Morgan fingerprint density at radius 1 is 1.24 bits per heavy atom. The third-order valence-electron chi connectivity index (χ3n) is 4.04. The summed E-state index contributed by atoms with van der Waals surface area (Å²) < 4.78 is 62.5. The monoisotopic (exact) mass is 389 g/mol. The first-order valence-corrected chi connectivity index (χ1v) is 10.2. The maximum atomic E-state index is 13.1. The minimum Gasteiger partial charge on any atom is -0.308 e. The van der Waals surface area contributed by atoms with Crippen molar-refractivity contribution in [2.24, 2.45) is 0 Å². The third-order valence-corrected chi connectivity index (χ3v) is 5.89. The Balaban J connectivity index is 2.02. The van der Waals surface area contributed by atoms with Crippen LogP contribution in [0.15, 0.2) is 33.9 Å². The van der Waals surface area contributed by atoms with E-state index in [1.807, 2.05) is 0 Å². The van der Waals surface area contributed by atoms with Crippen LogP contribution in [-0.4, -0.2) is 27.1 Å². The molecule has 0 N–H and O–H groups in total. The number of benzene rings is 1. The minimum atomic E-state index is -4.59. The Hall–Kier alpha value is -1.87. The van der Waals surface area contributed by atoms with Crippen LogP contribution < -0.4 is 4.90 Å². The van der Waals surface area contributed by atoms with E-state index in [2.05, 4.69) is 0 Å². The molecule has 0 bridgehead atoms. The van der Waals surface area contributed by atoms with E-state index < -0.39 is 27.5 Å². The fraction of sp³-hybridized carbons (Fsp3) is 0.312. The van der Waals surface area contributed by atoms with Gasteiger partial charge in [0.25, 0.3) is 5.91 Å². The number of carbonyl (C=O) groups is 1. The summed E-state index contributed by atoms with van der Waals surface area (Å²) >= 11 is 0.826. The van der Waals surface area contributed by atoms with Gasteiger partial charge in [-0.15, -0.1) is 0 Å². The van der Waals surface area contributed by atoms with Crippen LogP contribution in [-0.2, 0) is 22.4 Å². The smallest absolute Gasteiger partial charge is 0.308 e. The summed E-state index contributed by atoms with van der Waals surface area (Å²) in [5, 5.41) is 2.12. The number of hydrogen-bond acceptors (Lipinski definition) is 4. The predicted molar refractivity (Wildman–Crippen MR) is 88.9 cm³/mol. The molecule has 134 valence electrons. The summed E-state index contributed by atoms with van der Waals surface area (Å²) in [5.74, 6) is -0.721. The van der Waals surface area contributed by atoms with Gasteiger partial charge in [-0.25, -0.2) is 8.42 Å². The zero-order valence-corrected chi connectivity index (χ0v) is 14.8. The molecular formula is C16H14F3NO3S2. The van der Waals surface area contributed by atoms with Crippen LogP contribution in [0, 0.1) is 0 Å². The van der Waals surface area contributed by atoms with Crippen molar-refractivity contribution in [3.8, 4) is 0 Å². The zero-order chi connectivity index (χ0) is 18.4. The number of alkyl halides is 3. The van der Waals surface area contributed by atoms with E-state index in [0.29, 0.717) is 24.1 Å². The van der Waals surface area contributed by atoms with Crippen LogP contribution in [0.4, 0.5) is 18.9 Å². The number of sulfone groups is 1. The SMILES string of the molecule is CS(=O)(=O)c1ccc2c(c1)CCCN2C(=O)c1cscc1C(F)(F)F. The molecule has 0 aliphatic carbocycles. The Morgan fingerprint density at radius 3 is 2.60 bits per heavy atom. The van der Waals surface area contributed by atoms with Crippen LogP contribution in [0.3, 0.4) is 0 Å². The summed E-state index contributed by atoms with van der Waals surface area (Å²) in [6, 6.07) is 4.35. The van der Waals surface area contributed by atoms with Gasteiger partial charge in [-0.3, -0.25) is 4.79 Å². The molecule has 0 fully saturated rings. The quantitative estimate of drug-likeness (QED) is 0.786. The number of thiophene rings is 1. The fourth-order valence-corrected chi connectivity index (χ4v) is 4.34. The Morgan fingerprint density at radius 2 is 1.96 bits per heavy atom. The Kier molecular flexibility index (Phi) is 4.40. The minimum absolute atomic E-state index is 0.132. The van der Waals surface area contributed by atoms with Crippen molar-refractivity contribution in [2.45, 2.75) is 23.9 Å². The number of rotatable bonds is 2. The lowest BCUT2D eigenvalue weighted by Crippen LogP contribution is -2.36. The number of aryl methyl sites for hydroxylation is 1. The van der Waals surface area contributed by atoms with Crippen molar-refractivity contribution in [3.63, 3.8) is 0 Å². The Labute approximate surface area is 146 Å². The molecule has 0 unspecified atom stereocenters. The van der Waals surface area contributed by atoms with Gasteiger partial charge in [0.15, 0.2) is 9.84 Å². The van der Waals surface area contributed by atoms with Crippen molar-refractivity contribution in [2.75, 3.05) is 17.7 Å². The van der Waals surface area contributed by atoms with Gasteiger partial charge in [-0.05, 0) is 36.6 Å². The highest BCUT2D eigenvalue weighted by molar-refractivity contribution is 7.90. The first-order chi connectivity index (χ1) is 11.6. The average molecular weight is 389 g/mol. The van der Waals surface area contributed by atoms with E-state index >= 15 is 0 Å². The maximum Gasteiger partial charge on any atom is 0.417 e. The standard InChI is InChI=1S/C16H14F3NO3S2/c1-25(22,23)11-4-5-14-10(7-11)3-2-6-20(14)15(21)12-8-24-9-13(12)16(17,18)19/h4-5,7-9H,2-3,6H2,1H3. The molecule has 1 aliphatic heterocycles. The molecule has 0 saturated heterocycles. The van der Waals surface area contributed by atoms with Gasteiger partial charge in [0.2, 0.25) is 0 Å². The van der Waals surface area contributed by atoms with Gasteiger partial charge >= 0.3 is 6.18 Å². The van der Waals surface area contributed by atoms with Crippen LogP contribution in [0.1, 0.15) is 27.9 Å². The number of carbonyl (C=O) groups excluding carboxylic acids is 1. The summed E-state index contributed by atoms with van der Waals surface area (Å²) in [5.41, 5.74) is -0.214. The largest absolute Gasteiger partial charge is 0.417 e. The van der Waals surface area contributed by atoms with Gasteiger partial charge in [-0.1, -0.05) is 0 Å². The number of hydrogen-bond donors (Lipinski definition) is 0. The van der Waals surface area contributed by atoms with Crippen molar-refractivity contribution < 1.29 is 26.4 Å². The van der Waals surface area contributed by atoms with Gasteiger partial charge < -0.3 is 4.90 Å². The summed E-state index contributed by atoms with van der Waals surface area (Å²) in [6.07, 6.45) is -2.39. The van der Waals surface area contributed by atoms with E-state index in [0.717, 1.165) is 23.0 Å². The van der Waals surface area contributed by atoms with Gasteiger partial charge in [0, 0.05) is 29.2 Å². The normalized spacial score (nSPS) is 15.1. The highest BCUT2D eigenvalue weighted by Gasteiger charge is 2.38. The zero-order valence-electron chi connectivity index (χ0n) is 13.1. The fourth-order valence-electron chi connectivity index (χ4n) is 2.84. The number of fused-ring (bicyclic) bond motifs is 1. The van der Waals surface area contributed by atoms with Gasteiger partial charge in [0.05, 0.1) is 16.0 Å². The summed E-state index contributed by atoms with van der Waals surface area (Å²) in [6.45, 7) is 0.289. The molecule has 3 rings (SSSR count). The first-order valence-electron chi connectivity index (χ1n) is 7.37. The number of anilines is 1. The van der Waals surface area contributed by atoms with Crippen LogP contribution in [0.5, 0.6) is 0 Å². The van der Waals surface area contributed by atoms with E-state index in [4.69, 9.17) is 0 Å². The van der Waals surface area contributed by atoms with Crippen LogP contribution in [0.25, 0.3) is 0 Å². The second-order valence-corrected chi connectivity index (χ2v) is 8.58. The molecule has 2 heterocycles. The molecule has 0 atom stereocenters. The molecule has 0 spiro atoms. The summed E-state index contributed by atoms with van der Waals surface area (Å²) in [7, 11) is -3.39. The topological polar surface area (TPSA) is 54.5 Å². The molecular weight excluding hydrogens is 375 g/mol. The average Bonchev–Trinajstić information content (AvgIpc) is 3.02. The molecule has 1 amide bonds. The molecule has 1 aromatic carbocycles. The van der Waals surface area contributed by atoms with E-state index in [-0.39, 0.29) is 17.0 Å². The van der Waals surface area contributed by atoms with Crippen LogP contribution in [0.2, 0.25) is 0 Å². The molecule has 9 heteroatoms. The summed E-state index contributed by atoms with van der Waals surface area (Å²) in [4.78, 5) is 14.1. The predicted octanol–water partition coefficient (Wildman–Crippen LogP) is 3.76. The first kappa shape index (κ1) is 17.9. The van der Waals surface area contributed by atoms with Gasteiger partial charge in [0.1, 0.15) is 0 Å². The molecule has 0 radical (unpaired) electrons. The lowest BCUT2D eigenvalue weighted by atomic mass is 10.0. The van der Waals surface area contributed by atoms with Crippen molar-refractivity contribution in [1.82, 2.24) is 0 Å². The lowest BCUT2D eigenvalue weighted by Gasteiger charge is -2.30. The van der Waals surface area contributed by atoms with Gasteiger partial charge in [-0.2, -0.15) is 24.5 Å². The van der Waals surface area contributed by atoms with E-state index in [9.17, 15) is 26.4 Å². The molecule has 1 aromatic heterocycles. The second-order valence-electron chi connectivity index (χ2n) is 5.82. The molecule has 1 aliphatic rings. The number of halogens is 3. The molecule has 0 saturated carbocycles. The lowest BCUT2D eigenvalue weighted by molar-refractivity contribution is -0.137. The van der Waals surface area contributed by atoms with Crippen LogP contribution >= 0.6 is 11.3 Å². The van der Waals surface area contributed by atoms with E-state index in [1.54, 1.807) is 0 Å². The maximum absolute atomic E-state index is 13.1. The second kappa shape index (κ2) is 6.14. The molecule has 2 aromatic rings. The highest BCUT2D eigenvalue weighted by atomic mass is 32.2. The van der Waals surface area contributed by atoms with Crippen molar-refractivity contribution >= 4 is 32.8 Å². The number of amides is 1. The molecule has 25 heavy (non-hydrogen) atoms. The molecule has 4 nitrogen and oxygen atoms in total. The Bertz CT molecular complexity index is 932. The van der Waals surface area contributed by atoms with Crippen molar-refractivity contribution in [3.05, 3.63) is 45.6 Å². The van der Waals surface area contributed by atoms with E-state index in [1.165, 1.54) is 28.5 Å². The third kappa shape index (κ3) is 3.43. The van der Waals surface area contributed by atoms with Crippen molar-refractivity contribution in [1.29, 1.82) is 0 Å².